The zero-order chi connectivity index (χ0) is 38.9. The summed E-state index contributed by atoms with van der Waals surface area (Å²) in [5.74, 6) is -1.65. The molecular weight excluding hydrogens is 744 g/mol. The van der Waals surface area contributed by atoms with Crippen molar-refractivity contribution in [3.8, 4) is 0 Å². The molecule has 6 rings (SSSR count). The zero-order valence-electron chi connectivity index (χ0n) is 31.3. The summed E-state index contributed by atoms with van der Waals surface area (Å²) in [5.41, 5.74) is -2.16. The van der Waals surface area contributed by atoms with Crippen molar-refractivity contribution in [2.75, 3.05) is 26.4 Å². The topological polar surface area (TPSA) is 213 Å². The maximum absolute atomic E-state index is 14.4. The molecule has 54 heavy (non-hydrogen) atoms. The molecule has 1 aliphatic heterocycles. The number of Topliss-reactive ketones (excluding diaryl/α,β-unsaturated/α-hetero) is 1. The van der Waals surface area contributed by atoms with Crippen molar-refractivity contribution in [2.45, 2.75) is 122 Å². The molecule has 12 atom stereocenters. The minimum atomic E-state index is -5.36. The monoisotopic (exact) mass is 799 g/mol. The van der Waals surface area contributed by atoms with Gasteiger partial charge in [-0.25, -0.2) is 9.13 Å². The van der Waals surface area contributed by atoms with Crippen LogP contribution in [-0.4, -0.2) is 88.9 Å². The van der Waals surface area contributed by atoms with Crippen LogP contribution in [0.1, 0.15) is 91.4 Å². The molecule has 15 nitrogen and oxygen atoms in total. The van der Waals surface area contributed by atoms with Gasteiger partial charge in [-0.15, -0.1) is 0 Å². The number of aliphatic hydroxyl groups is 1. The Morgan fingerprint density at radius 2 is 1.85 bits per heavy atom. The number of carbonyl (C=O) groups is 3. The summed E-state index contributed by atoms with van der Waals surface area (Å²) in [6.07, 6.45) is 14.7. The number of ether oxygens (including phenoxy) is 3. The van der Waals surface area contributed by atoms with Gasteiger partial charge in [0, 0.05) is 23.3 Å². The van der Waals surface area contributed by atoms with E-state index in [1.165, 1.54) is 0 Å². The highest BCUT2D eigenvalue weighted by atomic mass is 31.3. The van der Waals surface area contributed by atoms with Gasteiger partial charge in [0.1, 0.15) is 13.2 Å². The van der Waals surface area contributed by atoms with Crippen LogP contribution < -0.4 is 5.32 Å². The fraction of sp³-hybridized carbons (Fsp3) is 0.757. The van der Waals surface area contributed by atoms with E-state index in [-0.39, 0.29) is 49.2 Å². The van der Waals surface area contributed by atoms with Crippen LogP contribution >= 0.6 is 15.6 Å². The molecule has 0 radical (unpaired) electrons. The number of fused-ring (bicyclic) bond motifs is 7. The summed E-state index contributed by atoms with van der Waals surface area (Å²) in [4.78, 5) is 59.4. The molecule has 1 amide bonds. The van der Waals surface area contributed by atoms with E-state index in [1.807, 2.05) is 39.0 Å². The first-order valence-electron chi connectivity index (χ1n) is 19.2. The van der Waals surface area contributed by atoms with Gasteiger partial charge in [0.2, 0.25) is 5.91 Å². The number of ketones is 2. The van der Waals surface area contributed by atoms with Crippen LogP contribution in [0.4, 0.5) is 0 Å². The molecule has 1 saturated heterocycles. The number of rotatable bonds is 15. The molecule has 0 bridgehead atoms. The Hall–Kier alpha value is -1.87. The zero-order valence-corrected chi connectivity index (χ0v) is 33.1. The van der Waals surface area contributed by atoms with E-state index in [0.29, 0.717) is 32.1 Å². The summed E-state index contributed by atoms with van der Waals surface area (Å²) >= 11 is 0. The fourth-order valence-electron chi connectivity index (χ4n) is 10.3. The molecule has 4 N–H and O–H groups in total. The number of carbonyl (C=O) groups excluding carboxylic acids is 3. The summed E-state index contributed by atoms with van der Waals surface area (Å²) in [6.45, 7) is 3.90. The van der Waals surface area contributed by atoms with Crippen molar-refractivity contribution in [1.29, 1.82) is 0 Å². The smallest absolute Gasteiger partial charge is 0.393 e. The lowest BCUT2D eigenvalue weighted by molar-refractivity contribution is -0.200. The number of allylic oxidation sites excluding steroid dienone is 5. The number of hydrogen-bond acceptors (Lipinski definition) is 12. The van der Waals surface area contributed by atoms with E-state index >= 15 is 0 Å². The normalized spacial score (nSPS) is 39.5. The van der Waals surface area contributed by atoms with Gasteiger partial charge in [0.25, 0.3) is 0 Å². The molecule has 1 heterocycles. The molecule has 0 aromatic carbocycles. The second kappa shape index (κ2) is 16.5. The van der Waals surface area contributed by atoms with Gasteiger partial charge in [-0.3, -0.25) is 23.4 Å². The highest BCUT2D eigenvalue weighted by Gasteiger charge is 2.76. The first kappa shape index (κ1) is 41.8. The summed E-state index contributed by atoms with van der Waals surface area (Å²) in [7, 11) is -10.6. The van der Waals surface area contributed by atoms with Gasteiger partial charge in [-0.2, -0.15) is 4.31 Å². The van der Waals surface area contributed by atoms with Gasteiger partial charge >= 0.3 is 15.6 Å². The maximum Gasteiger partial charge on any atom is 0.481 e. The van der Waals surface area contributed by atoms with E-state index in [2.05, 4.69) is 9.63 Å². The van der Waals surface area contributed by atoms with Gasteiger partial charge in [0.05, 0.1) is 24.9 Å². The van der Waals surface area contributed by atoms with Crippen LogP contribution in [0, 0.1) is 28.6 Å². The van der Waals surface area contributed by atoms with Gasteiger partial charge in [-0.05, 0) is 75.4 Å². The third kappa shape index (κ3) is 8.38. The molecule has 0 spiro atoms. The largest absolute Gasteiger partial charge is 0.481 e. The average Bonchev–Trinajstić information content (AvgIpc) is 3.56. The second-order valence-electron chi connectivity index (χ2n) is 16.0. The fourth-order valence-corrected chi connectivity index (χ4v) is 12.3. The Bertz CT molecular complexity index is 1630. The highest BCUT2D eigenvalue weighted by Crippen LogP contribution is 2.70. The Labute approximate surface area is 316 Å². The van der Waals surface area contributed by atoms with Crippen molar-refractivity contribution in [2.24, 2.45) is 28.6 Å². The lowest BCUT2D eigenvalue weighted by atomic mass is 9.46. The van der Waals surface area contributed by atoms with Crippen LogP contribution in [-0.2, 0) is 51.1 Å². The summed E-state index contributed by atoms with van der Waals surface area (Å²) < 4.78 is 58.3. The van der Waals surface area contributed by atoms with Crippen LogP contribution in [0.25, 0.3) is 0 Å². The van der Waals surface area contributed by atoms with Crippen LogP contribution in [0.2, 0.25) is 0 Å². The van der Waals surface area contributed by atoms with Crippen LogP contribution in [0.5, 0.6) is 0 Å². The number of aliphatic hydroxyl groups excluding tert-OH is 1. The second-order valence-corrected chi connectivity index (χ2v) is 19.0. The molecule has 17 heteroatoms. The average molecular weight is 800 g/mol. The van der Waals surface area contributed by atoms with E-state index in [1.54, 1.807) is 12.2 Å². The van der Waals surface area contributed by atoms with Crippen molar-refractivity contribution >= 4 is 33.1 Å². The van der Waals surface area contributed by atoms with Crippen molar-refractivity contribution in [1.82, 2.24) is 5.32 Å². The molecule has 302 valence electrons. The number of phosphoric acid groups is 2. The lowest BCUT2D eigenvalue weighted by Gasteiger charge is -2.59. The Balaban J connectivity index is 1.06. The van der Waals surface area contributed by atoms with Crippen LogP contribution in [0.15, 0.2) is 36.0 Å². The first-order chi connectivity index (χ1) is 25.5. The predicted octanol–water partition coefficient (Wildman–Crippen LogP) is 5.00. The van der Waals surface area contributed by atoms with Crippen molar-refractivity contribution in [3.05, 3.63) is 36.0 Å². The van der Waals surface area contributed by atoms with E-state index in [4.69, 9.17) is 23.3 Å². The Morgan fingerprint density at radius 3 is 2.63 bits per heavy atom. The molecule has 5 aliphatic carbocycles. The maximum atomic E-state index is 14.4. The van der Waals surface area contributed by atoms with E-state index in [0.717, 1.165) is 37.7 Å². The number of phosphoric ester groups is 2. The molecule has 0 aromatic heterocycles. The predicted molar refractivity (Wildman–Crippen MR) is 193 cm³/mol. The SMILES string of the molecule is CCCC1OC2CC3C4CCC5=CC(=O)C=CC5(C)C4C(O)CC3(C)C2(C(=O)COP(=O)(O)OP(=O)(O)OCCNC(=O)COC2C=CCCCCC2)O1. The molecule has 3 saturated carbocycles. The number of hydrogen-bond donors (Lipinski definition) is 4. The molecule has 12 unspecified atom stereocenters. The highest BCUT2D eigenvalue weighted by molar-refractivity contribution is 7.61. The first-order valence-corrected chi connectivity index (χ1v) is 22.2. The number of nitrogens with one attached hydrogen (secondary N) is 1. The third-order valence-corrected chi connectivity index (χ3v) is 15.2. The number of amides is 1. The summed E-state index contributed by atoms with van der Waals surface area (Å²) in [6, 6.07) is 0. The molecule has 0 aromatic rings. The van der Waals surface area contributed by atoms with Gasteiger partial charge in [0.15, 0.2) is 23.5 Å². The standard InChI is InChI=1S/C37H55NO14P2/c1-4-10-33-50-31-20-28-27-14-13-24-19-25(39)15-16-35(24,2)34(27)29(40)21-36(28,3)37(31,51-33)30(41)22-49-54(45,46)52-53(43,44)48-18-17-38-32(42)23-47-26-11-8-6-5-7-9-12-26/h8,11,15-16,19,26-29,31,33-34,40H,4-7,9-10,12-14,17-18,20-23H2,1-3H3,(H,38,42)(H,43,44)(H,45,46). The minimum absolute atomic E-state index is 0.0444. The Kier molecular flexibility index (Phi) is 12.8. The molecular formula is C37H55NO14P2. The van der Waals surface area contributed by atoms with Crippen LogP contribution in [0.3, 0.4) is 0 Å². The van der Waals surface area contributed by atoms with Crippen molar-refractivity contribution < 1.29 is 66.0 Å². The van der Waals surface area contributed by atoms with Gasteiger partial charge < -0.3 is 34.4 Å². The van der Waals surface area contributed by atoms with Gasteiger partial charge in [-0.1, -0.05) is 63.8 Å². The quantitative estimate of drug-likeness (QED) is 0.0976. The van der Waals surface area contributed by atoms with Crippen molar-refractivity contribution in [3.63, 3.8) is 0 Å². The molecule has 6 aliphatic rings. The molecule has 4 fully saturated rings. The Morgan fingerprint density at radius 1 is 1.07 bits per heavy atom. The van der Waals surface area contributed by atoms with E-state index < -0.39 is 75.5 Å². The lowest BCUT2D eigenvalue weighted by Crippen LogP contribution is -2.63. The third-order valence-electron chi connectivity index (χ3n) is 12.6. The summed E-state index contributed by atoms with van der Waals surface area (Å²) in [5, 5.41) is 14.4. The minimum Gasteiger partial charge on any atom is -0.393 e. The van der Waals surface area contributed by atoms with E-state index in [9.17, 15) is 38.4 Å².